The monoisotopic (exact) mass is 598 g/mol. The zero-order valence-corrected chi connectivity index (χ0v) is 22.5. The second-order valence-electron chi connectivity index (χ2n) is 8.86. The summed E-state index contributed by atoms with van der Waals surface area (Å²) < 4.78 is 83.6. The van der Waals surface area contributed by atoms with Crippen LogP contribution in [0.15, 0.2) is 65.8 Å². The molecule has 15 heteroatoms. The number of nitrogens with zero attached hydrogens (tertiary/aromatic N) is 5. The Morgan fingerprint density at radius 1 is 0.952 bits per heavy atom. The normalized spacial score (nSPS) is 11.6. The SMILES string of the molecule is CC(F)(F)F.CNCC(F)(F)F.Cn1ncc2c(-c3ccc(-n4c(=O)n(CC=O)c5ccccc54)c(F)c3)cncc21. The number of hydrogen-bond acceptors (Lipinski definition) is 5. The van der Waals surface area contributed by atoms with Gasteiger partial charge >= 0.3 is 18.0 Å². The number of para-hydroxylation sites is 2. The van der Waals surface area contributed by atoms with Crippen LogP contribution in [0.4, 0.5) is 30.7 Å². The molecule has 0 aliphatic rings. The number of carbonyl (C=O) groups excluding carboxylic acids is 1. The molecule has 0 fully saturated rings. The van der Waals surface area contributed by atoms with Crippen molar-refractivity contribution in [2.45, 2.75) is 25.8 Å². The molecule has 42 heavy (non-hydrogen) atoms. The molecule has 0 saturated carbocycles. The van der Waals surface area contributed by atoms with Crippen LogP contribution >= 0.6 is 0 Å². The number of fused-ring (bicyclic) bond motifs is 2. The molecule has 3 heterocycles. The summed E-state index contributed by atoms with van der Waals surface area (Å²) >= 11 is 0. The average molecular weight is 599 g/mol. The summed E-state index contributed by atoms with van der Waals surface area (Å²) in [6, 6.07) is 11.7. The molecule has 0 saturated heterocycles. The van der Waals surface area contributed by atoms with E-state index in [0.717, 1.165) is 16.5 Å². The van der Waals surface area contributed by atoms with Crippen molar-refractivity contribution < 1.29 is 35.5 Å². The third-order valence-corrected chi connectivity index (χ3v) is 5.64. The molecule has 0 radical (unpaired) electrons. The maximum atomic E-state index is 15.3. The predicted molar refractivity (Wildman–Crippen MR) is 143 cm³/mol. The largest absolute Gasteiger partial charge is 0.401 e. The lowest BCUT2D eigenvalue weighted by molar-refractivity contribution is -0.123. The number of hydrogen-bond donors (Lipinski definition) is 1. The van der Waals surface area contributed by atoms with Crippen molar-refractivity contribution in [3.05, 3.63) is 77.4 Å². The summed E-state index contributed by atoms with van der Waals surface area (Å²) in [6.45, 7) is -0.819. The minimum atomic E-state index is -4.06. The summed E-state index contributed by atoms with van der Waals surface area (Å²) in [4.78, 5) is 28.2. The summed E-state index contributed by atoms with van der Waals surface area (Å²) in [5.74, 6) is -0.551. The Morgan fingerprint density at radius 3 is 2.14 bits per heavy atom. The smallest absolute Gasteiger partial charge is 0.312 e. The van der Waals surface area contributed by atoms with Gasteiger partial charge in [-0.15, -0.1) is 0 Å². The molecule has 1 N–H and O–H groups in total. The zero-order chi connectivity index (χ0) is 31.2. The first-order valence-corrected chi connectivity index (χ1v) is 12.1. The standard InChI is InChI=1S/C22H16FN5O2.C3H6F3N.C2H3F3/c1-26-21-13-24-11-15(16(21)12-25-26)14-6-7-18(17(23)10-14)28-20-5-3-2-4-19(20)27(8-9-29)22(28)30;1-7-2-3(4,5)6;1-2(3,4)5/h2-7,9-13H,8H2,1H3;7H,2H2,1H3;1H3. The van der Waals surface area contributed by atoms with Crippen LogP contribution in [0.3, 0.4) is 0 Å². The highest BCUT2D eigenvalue weighted by Crippen LogP contribution is 2.30. The Kier molecular flexibility index (Phi) is 9.88. The van der Waals surface area contributed by atoms with Crippen LogP contribution in [-0.4, -0.2) is 56.1 Å². The van der Waals surface area contributed by atoms with Crippen molar-refractivity contribution in [2.24, 2.45) is 7.05 Å². The van der Waals surface area contributed by atoms with Crippen molar-refractivity contribution in [3.63, 3.8) is 0 Å². The highest BCUT2D eigenvalue weighted by Gasteiger charge is 2.25. The van der Waals surface area contributed by atoms with E-state index in [0.29, 0.717) is 22.9 Å². The van der Waals surface area contributed by atoms with Crippen LogP contribution in [-0.2, 0) is 18.4 Å². The Hall–Kier alpha value is -4.53. The van der Waals surface area contributed by atoms with Crippen molar-refractivity contribution in [2.75, 3.05) is 13.6 Å². The molecule has 0 aliphatic carbocycles. The number of aromatic nitrogens is 5. The van der Waals surface area contributed by atoms with E-state index in [1.54, 1.807) is 59.7 Å². The van der Waals surface area contributed by atoms with E-state index in [4.69, 9.17) is 0 Å². The first kappa shape index (κ1) is 32.0. The first-order valence-electron chi connectivity index (χ1n) is 12.1. The second-order valence-corrected chi connectivity index (χ2v) is 8.86. The van der Waals surface area contributed by atoms with Gasteiger partial charge < -0.3 is 10.1 Å². The highest BCUT2D eigenvalue weighted by atomic mass is 19.4. The van der Waals surface area contributed by atoms with Gasteiger partial charge in [0.2, 0.25) is 0 Å². The van der Waals surface area contributed by atoms with Gasteiger partial charge in [-0.1, -0.05) is 18.2 Å². The molecule has 0 bridgehead atoms. The van der Waals surface area contributed by atoms with Crippen LogP contribution in [0.25, 0.3) is 38.8 Å². The van der Waals surface area contributed by atoms with Gasteiger partial charge in [0.05, 0.1) is 47.7 Å². The fraction of sp³-hybridized carbons (Fsp3) is 0.259. The zero-order valence-electron chi connectivity index (χ0n) is 22.5. The highest BCUT2D eigenvalue weighted by molar-refractivity contribution is 5.93. The third-order valence-electron chi connectivity index (χ3n) is 5.64. The molecule has 3 aromatic heterocycles. The van der Waals surface area contributed by atoms with E-state index >= 15 is 4.39 Å². The summed E-state index contributed by atoms with van der Waals surface area (Å²) in [5.41, 5.74) is 2.98. The summed E-state index contributed by atoms with van der Waals surface area (Å²) in [6.07, 6.45) is -2.32. The molecule has 8 nitrogen and oxygen atoms in total. The van der Waals surface area contributed by atoms with Gasteiger partial charge in [0.15, 0.2) is 0 Å². The van der Waals surface area contributed by atoms with E-state index in [1.807, 2.05) is 12.4 Å². The first-order chi connectivity index (χ1) is 19.7. The number of nitrogens with one attached hydrogen (secondary N) is 1. The topological polar surface area (TPSA) is 86.7 Å². The van der Waals surface area contributed by atoms with Gasteiger partial charge in [0.1, 0.15) is 12.1 Å². The number of rotatable bonds is 5. The lowest BCUT2D eigenvalue weighted by atomic mass is 10.0. The van der Waals surface area contributed by atoms with Gasteiger partial charge in [-0.25, -0.2) is 9.18 Å². The molecule has 2 aromatic carbocycles. The Balaban J connectivity index is 0.000000342. The number of pyridine rings is 1. The van der Waals surface area contributed by atoms with Crippen LogP contribution < -0.4 is 11.0 Å². The average Bonchev–Trinajstić information content (AvgIpc) is 3.40. The van der Waals surface area contributed by atoms with Crippen LogP contribution in [0.2, 0.25) is 0 Å². The number of imidazole rings is 1. The number of aldehydes is 1. The predicted octanol–water partition coefficient (Wildman–Crippen LogP) is 5.42. The molecule has 0 aliphatic heterocycles. The van der Waals surface area contributed by atoms with E-state index in [2.05, 4.69) is 10.1 Å². The fourth-order valence-corrected chi connectivity index (χ4v) is 4.04. The molecule has 224 valence electrons. The second kappa shape index (κ2) is 13.0. The molecule has 5 rings (SSSR count). The van der Waals surface area contributed by atoms with E-state index in [-0.39, 0.29) is 19.2 Å². The van der Waals surface area contributed by atoms with Gasteiger partial charge in [-0.05, 0) is 36.9 Å². The van der Waals surface area contributed by atoms with Crippen molar-refractivity contribution in [1.82, 2.24) is 29.2 Å². The van der Waals surface area contributed by atoms with Crippen LogP contribution in [0.1, 0.15) is 6.92 Å². The quantitative estimate of drug-likeness (QED) is 0.216. The summed E-state index contributed by atoms with van der Waals surface area (Å²) in [7, 11) is 3.08. The number of aryl methyl sites for hydroxylation is 1. The Morgan fingerprint density at radius 2 is 1.60 bits per heavy atom. The molecular formula is C27H25F7N6O2. The molecule has 0 unspecified atom stereocenters. The van der Waals surface area contributed by atoms with E-state index < -0.39 is 30.4 Å². The van der Waals surface area contributed by atoms with Gasteiger partial charge in [-0.3, -0.25) is 18.8 Å². The van der Waals surface area contributed by atoms with Crippen LogP contribution in [0.5, 0.6) is 0 Å². The lowest BCUT2D eigenvalue weighted by Gasteiger charge is -2.08. The van der Waals surface area contributed by atoms with Gasteiger partial charge in [0.25, 0.3) is 0 Å². The molecular weight excluding hydrogens is 573 g/mol. The van der Waals surface area contributed by atoms with Crippen molar-refractivity contribution in [1.29, 1.82) is 0 Å². The number of alkyl halides is 6. The lowest BCUT2D eigenvalue weighted by Crippen LogP contribution is -2.25. The minimum Gasteiger partial charge on any atom is -0.312 e. The number of benzene rings is 2. The molecule has 0 spiro atoms. The Bertz CT molecular complexity index is 1730. The van der Waals surface area contributed by atoms with Crippen LogP contribution in [0, 0.1) is 5.82 Å². The Labute approximate surface area is 234 Å². The van der Waals surface area contributed by atoms with Gasteiger partial charge in [0, 0.05) is 31.1 Å². The molecule has 0 amide bonds. The minimum absolute atomic E-state index is 0.0965. The number of carbonyl (C=O) groups is 1. The fourth-order valence-electron chi connectivity index (χ4n) is 4.04. The van der Waals surface area contributed by atoms with Gasteiger partial charge in [-0.2, -0.15) is 31.4 Å². The maximum absolute atomic E-state index is 15.3. The van der Waals surface area contributed by atoms with E-state index in [1.165, 1.54) is 22.2 Å². The molecule has 0 atom stereocenters. The maximum Gasteiger partial charge on any atom is 0.401 e. The molecule has 5 aromatic rings. The van der Waals surface area contributed by atoms with E-state index in [9.17, 15) is 35.9 Å². The van der Waals surface area contributed by atoms with Crippen molar-refractivity contribution in [3.8, 4) is 16.8 Å². The summed E-state index contributed by atoms with van der Waals surface area (Å²) in [5, 5.41) is 7.08. The number of halogens is 7. The third kappa shape index (κ3) is 7.81. The van der Waals surface area contributed by atoms with Crippen molar-refractivity contribution >= 4 is 28.2 Å².